The van der Waals surface area contributed by atoms with Crippen LogP contribution in [0.5, 0.6) is 11.5 Å². The number of ether oxygens (including phenoxy) is 2. The second-order valence-corrected chi connectivity index (χ2v) is 4.30. The van der Waals surface area contributed by atoms with Crippen molar-refractivity contribution in [3.63, 3.8) is 0 Å². The van der Waals surface area contributed by atoms with Crippen molar-refractivity contribution in [2.24, 2.45) is 0 Å². The molecule has 1 aliphatic heterocycles. The van der Waals surface area contributed by atoms with E-state index in [4.69, 9.17) is 15.2 Å². The number of carbonyl (C=O) groups is 1. The topological polar surface area (TPSA) is 64.8 Å². The minimum atomic E-state index is -0.0463. The summed E-state index contributed by atoms with van der Waals surface area (Å²) in [5.41, 5.74) is 6.75. The van der Waals surface area contributed by atoms with E-state index in [0.29, 0.717) is 22.7 Å². The number of rotatable bonds is 3. The van der Waals surface area contributed by atoms with Crippen molar-refractivity contribution in [1.29, 1.82) is 0 Å². The highest BCUT2D eigenvalue weighted by atomic mass is 16.5. The van der Waals surface area contributed by atoms with Gasteiger partial charge >= 0.3 is 0 Å². The van der Waals surface area contributed by atoms with Crippen molar-refractivity contribution in [2.75, 3.05) is 33.0 Å². The van der Waals surface area contributed by atoms with Crippen LogP contribution < -0.4 is 15.2 Å². The van der Waals surface area contributed by atoms with Crippen molar-refractivity contribution in [1.82, 2.24) is 4.90 Å². The largest absolute Gasteiger partial charge is 0.493 e. The first-order chi connectivity index (χ1) is 8.67. The van der Waals surface area contributed by atoms with Gasteiger partial charge in [-0.05, 0) is 18.9 Å². The van der Waals surface area contributed by atoms with E-state index in [9.17, 15) is 4.79 Å². The third-order valence-electron chi connectivity index (χ3n) is 3.12. The lowest BCUT2D eigenvalue weighted by molar-refractivity contribution is 0.0789. The van der Waals surface area contributed by atoms with E-state index >= 15 is 0 Å². The average molecular weight is 250 g/mol. The fourth-order valence-corrected chi connectivity index (χ4v) is 2.24. The monoisotopic (exact) mass is 250 g/mol. The van der Waals surface area contributed by atoms with Gasteiger partial charge < -0.3 is 20.1 Å². The Morgan fingerprint density at radius 2 is 1.89 bits per heavy atom. The normalized spacial score (nSPS) is 14.7. The Bertz CT molecular complexity index is 454. The summed E-state index contributed by atoms with van der Waals surface area (Å²) in [7, 11) is 3.05. The molecule has 1 amide bonds. The molecule has 0 radical (unpaired) electrons. The minimum Gasteiger partial charge on any atom is -0.493 e. The van der Waals surface area contributed by atoms with E-state index in [1.165, 1.54) is 14.2 Å². The lowest BCUT2D eigenvalue weighted by Crippen LogP contribution is -2.28. The summed E-state index contributed by atoms with van der Waals surface area (Å²) in [5, 5.41) is 0. The molecule has 2 rings (SSSR count). The molecule has 18 heavy (non-hydrogen) atoms. The summed E-state index contributed by atoms with van der Waals surface area (Å²) in [6, 6.07) is 3.29. The van der Waals surface area contributed by atoms with E-state index in [-0.39, 0.29) is 5.91 Å². The van der Waals surface area contributed by atoms with Crippen LogP contribution in [0.4, 0.5) is 5.69 Å². The van der Waals surface area contributed by atoms with Crippen molar-refractivity contribution in [3.8, 4) is 11.5 Å². The number of methoxy groups -OCH3 is 2. The molecule has 5 nitrogen and oxygen atoms in total. The van der Waals surface area contributed by atoms with Gasteiger partial charge in [0.2, 0.25) is 0 Å². The molecule has 0 bridgehead atoms. The molecule has 0 atom stereocenters. The zero-order valence-electron chi connectivity index (χ0n) is 10.7. The van der Waals surface area contributed by atoms with Gasteiger partial charge in [-0.15, -0.1) is 0 Å². The number of anilines is 1. The maximum Gasteiger partial charge on any atom is 0.257 e. The smallest absolute Gasteiger partial charge is 0.257 e. The Labute approximate surface area is 106 Å². The molecule has 1 fully saturated rings. The summed E-state index contributed by atoms with van der Waals surface area (Å²) in [5.74, 6) is 0.888. The number of nitrogens with zero attached hydrogens (tertiary/aromatic N) is 1. The van der Waals surface area contributed by atoms with Gasteiger partial charge in [0.1, 0.15) is 0 Å². The van der Waals surface area contributed by atoms with E-state index in [1.54, 1.807) is 12.1 Å². The van der Waals surface area contributed by atoms with Gasteiger partial charge in [-0.3, -0.25) is 4.79 Å². The third kappa shape index (κ3) is 2.20. The maximum absolute atomic E-state index is 12.4. The fourth-order valence-electron chi connectivity index (χ4n) is 2.24. The summed E-state index contributed by atoms with van der Waals surface area (Å²) in [4.78, 5) is 14.2. The summed E-state index contributed by atoms with van der Waals surface area (Å²) in [6.07, 6.45) is 2.10. The third-order valence-corrected chi connectivity index (χ3v) is 3.12. The van der Waals surface area contributed by atoms with Gasteiger partial charge in [0.05, 0.1) is 19.8 Å². The van der Waals surface area contributed by atoms with Gasteiger partial charge in [0.25, 0.3) is 5.91 Å². The zero-order chi connectivity index (χ0) is 13.1. The first-order valence-electron chi connectivity index (χ1n) is 5.98. The molecule has 1 aromatic carbocycles. The SMILES string of the molecule is COc1cc(N)cc(C(=O)N2CCCC2)c1OC. The molecule has 0 unspecified atom stereocenters. The molecule has 0 aliphatic carbocycles. The predicted molar refractivity (Wildman–Crippen MR) is 69.1 cm³/mol. The molecular weight excluding hydrogens is 232 g/mol. The van der Waals surface area contributed by atoms with Crippen molar-refractivity contribution in [3.05, 3.63) is 17.7 Å². The molecule has 1 aromatic rings. The van der Waals surface area contributed by atoms with E-state index in [0.717, 1.165) is 25.9 Å². The zero-order valence-corrected chi connectivity index (χ0v) is 10.7. The summed E-state index contributed by atoms with van der Waals surface area (Å²) < 4.78 is 10.5. The van der Waals surface area contributed by atoms with Crippen molar-refractivity contribution >= 4 is 11.6 Å². The van der Waals surface area contributed by atoms with Crippen LogP contribution in [-0.2, 0) is 0 Å². The number of hydrogen-bond donors (Lipinski definition) is 1. The predicted octanol–water partition coefficient (Wildman–Crippen LogP) is 1.52. The first kappa shape index (κ1) is 12.5. The lowest BCUT2D eigenvalue weighted by atomic mass is 10.1. The standard InChI is InChI=1S/C13H18N2O3/c1-17-11-8-9(14)7-10(12(11)18-2)13(16)15-5-3-4-6-15/h7-8H,3-6,14H2,1-2H3. The molecule has 1 heterocycles. The van der Waals surface area contributed by atoms with Crippen LogP contribution in [0.1, 0.15) is 23.2 Å². The summed E-state index contributed by atoms with van der Waals surface area (Å²) >= 11 is 0. The van der Waals surface area contributed by atoms with Crippen LogP contribution in [0.3, 0.4) is 0 Å². The highest BCUT2D eigenvalue weighted by Gasteiger charge is 2.24. The van der Waals surface area contributed by atoms with Crippen LogP contribution in [0.2, 0.25) is 0 Å². The van der Waals surface area contributed by atoms with Gasteiger partial charge in [0, 0.05) is 24.8 Å². The molecule has 1 saturated heterocycles. The van der Waals surface area contributed by atoms with Crippen LogP contribution in [0.15, 0.2) is 12.1 Å². The molecule has 2 N–H and O–H groups in total. The molecule has 1 aliphatic rings. The van der Waals surface area contributed by atoms with Crippen molar-refractivity contribution in [2.45, 2.75) is 12.8 Å². The van der Waals surface area contributed by atoms with Crippen LogP contribution in [-0.4, -0.2) is 38.1 Å². The molecule has 0 aromatic heterocycles. The summed E-state index contributed by atoms with van der Waals surface area (Å²) in [6.45, 7) is 1.58. The second kappa shape index (κ2) is 5.16. The highest BCUT2D eigenvalue weighted by molar-refractivity contribution is 5.99. The quantitative estimate of drug-likeness (QED) is 0.826. The fraction of sp³-hybridized carbons (Fsp3) is 0.462. The van der Waals surface area contributed by atoms with Crippen LogP contribution >= 0.6 is 0 Å². The minimum absolute atomic E-state index is 0.0463. The van der Waals surface area contributed by atoms with Crippen LogP contribution in [0, 0.1) is 0 Å². The number of nitrogens with two attached hydrogens (primary N) is 1. The van der Waals surface area contributed by atoms with Crippen molar-refractivity contribution < 1.29 is 14.3 Å². The Morgan fingerprint density at radius 1 is 1.22 bits per heavy atom. The maximum atomic E-state index is 12.4. The number of benzene rings is 1. The first-order valence-corrected chi connectivity index (χ1v) is 5.98. The highest BCUT2D eigenvalue weighted by Crippen LogP contribution is 2.34. The number of amides is 1. The Hall–Kier alpha value is -1.91. The Morgan fingerprint density at radius 3 is 2.44 bits per heavy atom. The van der Waals surface area contributed by atoms with Gasteiger partial charge in [-0.1, -0.05) is 0 Å². The average Bonchev–Trinajstić information content (AvgIpc) is 2.90. The Kier molecular flexibility index (Phi) is 3.60. The van der Waals surface area contributed by atoms with Crippen LogP contribution in [0.25, 0.3) is 0 Å². The van der Waals surface area contributed by atoms with E-state index in [2.05, 4.69) is 0 Å². The van der Waals surface area contributed by atoms with Gasteiger partial charge in [-0.2, -0.15) is 0 Å². The number of hydrogen-bond acceptors (Lipinski definition) is 4. The number of likely N-dealkylation sites (tertiary alicyclic amines) is 1. The second-order valence-electron chi connectivity index (χ2n) is 4.30. The molecular formula is C13H18N2O3. The van der Waals surface area contributed by atoms with E-state index < -0.39 is 0 Å². The lowest BCUT2D eigenvalue weighted by Gasteiger charge is -2.19. The number of nitrogen functional groups attached to an aromatic ring is 1. The molecule has 98 valence electrons. The number of carbonyl (C=O) groups excluding carboxylic acids is 1. The molecule has 0 spiro atoms. The van der Waals surface area contributed by atoms with Gasteiger partial charge in [-0.25, -0.2) is 0 Å². The van der Waals surface area contributed by atoms with Gasteiger partial charge in [0.15, 0.2) is 11.5 Å². The molecule has 5 heteroatoms. The molecule has 0 saturated carbocycles. The van der Waals surface area contributed by atoms with E-state index in [1.807, 2.05) is 4.90 Å². The Balaban J connectivity index is 2.41.